The molecular weight excluding hydrogens is 530 g/mol. The third kappa shape index (κ3) is 10.9. The lowest BCUT2D eigenvalue weighted by atomic mass is 10.0. The maximum absolute atomic E-state index is 12.7. The summed E-state index contributed by atoms with van der Waals surface area (Å²) in [4.78, 5) is 70.8. The number of alkyl carbamates (subject to hydrolysis) is 1. The van der Waals surface area contributed by atoms with E-state index < -0.39 is 42.5 Å². The van der Waals surface area contributed by atoms with Crippen molar-refractivity contribution < 1.29 is 29.0 Å². The molecule has 3 amide bonds. The summed E-state index contributed by atoms with van der Waals surface area (Å²) < 4.78 is 6.88. The highest BCUT2D eigenvalue weighted by molar-refractivity contribution is 7.98. The van der Waals surface area contributed by atoms with Crippen LogP contribution in [0.2, 0.25) is 0 Å². The van der Waals surface area contributed by atoms with E-state index in [9.17, 15) is 29.1 Å². The van der Waals surface area contributed by atoms with Gasteiger partial charge in [0.05, 0.1) is 19.3 Å². The second-order valence-corrected chi connectivity index (χ2v) is 10.3. The SMILES string of the molecule is CSCC[C@H](NC(=O)[C@H](CC(C)C)NC(=O)CNC(=O)OCCCCCn1cnc2c(=O)[nH]cnc21)C(=O)O. The molecule has 15 heteroatoms. The van der Waals surface area contributed by atoms with Crippen molar-refractivity contribution in [2.75, 3.05) is 25.2 Å². The Morgan fingerprint density at radius 3 is 2.59 bits per heavy atom. The highest BCUT2D eigenvalue weighted by atomic mass is 32.2. The number of nitrogens with zero attached hydrogens (tertiary/aromatic N) is 3. The van der Waals surface area contributed by atoms with Gasteiger partial charge in [-0.25, -0.2) is 19.6 Å². The Balaban J connectivity index is 1.69. The first-order valence-electron chi connectivity index (χ1n) is 12.7. The molecule has 5 N–H and O–H groups in total. The van der Waals surface area contributed by atoms with Gasteiger partial charge >= 0.3 is 12.1 Å². The van der Waals surface area contributed by atoms with Gasteiger partial charge in [0.25, 0.3) is 5.56 Å². The third-order valence-electron chi connectivity index (χ3n) is 5.66. The predicted molar refractivity (Wildman–Crippen MR) is 145 cm³/mol. The average molecular weight is 568 g/mol. The number of carbonyl (C=O) groups is 4. The van der Waals surface area contributed by atoms with Crippen molar-refractivity contribution in [3.05, 3.63) is 23.0 Å². The summed E-state index contributed by atoms with van der Waals surface area (Å²) in [7, 11) is 0. The van der Waals surface area contributed by atoms with Gasteiger partial charge in [-0.3, -0.25) is 14.4 Å². The molecule has 0 fully saturated rings. The number of unbranched alkanes of at least 4 members (excludes halogenated alkanes) is 2. The monoisotopic (exact) mass is 567 g/mol. The molecule has 0 saturated carbocycles. The number of aromatic amines is 1. The highest BCUT2D eigenvalue weighted by Crippen LogP contribution is 2.08. The molecule has 216 valence electrons. The summed E-state index contributed by atoms with van der Waals surface area (Å²) in [5, 5.41) is 16.8. The fourth-order valence-corrected chi connectivity index (χ4v) is 4.17. The van der Waals surface area contributed by atoms with Gasteiger partial charge in [-0.05, 0) is 50.0 Å². The van der Waals surface area contributed by atoms with Crippen molar-refractivity contribution in [3.63, 3.8) is 0 Å². The maximum Gasteiger partial charge on any atom is 0.407 e. The van der Waals surface area contributed by atoms with Crippen LogP contribution in [0.4, 0.5) is 4.79 Å². The molecule has 0 saturated heterocycles. The normalized spacial score (nSPS) is 12.6. The number of rotatable bonds is 17. The van der Waals surface area contributed by atoms with Crippen molar-refractivity contribution >= 4 is 46.8 Å². The Morgan fingerprint density at radius 1 is 1.13 bits per heavy atom. The quantitative estimate of drug-likeness (QED) is 0.171. The molecule has 0 bridgehead atoms. The third-order valence-corrected chi connectivity index (χ3v) is 6.31. The number of carboxylic acid groups (broad SMARTS) is 1. The van der Waals surface area contributed by atoms with E-state index in [1.54, 1.807) is 10.9 Å². The number of hydrogen-bond donors (Lipinski definition) is 5. The molecule has 2 atom stereocenters. The van der Waals surface area contributed by atoms with E-state index >= 15 is 0 Å². The van der Waals surface area contributed by atoms with E-state index in [1.807, 2.05) is 20.1 Å². The van der Waals surface area contributed by atoms with Gasteiger partial charge < -0.3 is 35.3 Å². The van der Waals surface area contributed by atoms with Gasteiger partial charge in [-0.2, -0.15) is 11.8 Å². The number of H-pyrrole nitrogens is 1. The minimum Gasteiger partial charge on any atom is -0.480 e. The molecule has 0 spiro atoms. The molecular formula is C24H37N7O7S. The Hall–Kier alpha value is -3.62. The van der Waals surface area contributed by atoms with Crippen molar-refractivity contribution in [1.29, 1.82) is 0 Å². The highest BCUT2D eigenvalue weighted by Gasteiger charge is 2.27. The number of fused-ring (bicyclic) bond motifs is 1. The molecule has 0 radical (unpaired) electrons. The summed E-state index contributed by atoms with van der Waals surface area (Å²) >= 11 is 1.47. The number of ether oxygens (including phenoxy) is 1. The first-order chi connectivity index (χ1) is 18.6. The lowest BCUT2D eigenvalue weighted by Gasteiger charge is -2.22. The van der Waals surface area contributed by atoms with Crippen LogP contribution in [-0.2, 0) is 25.7 Å². The molecule has 0 aromatic carbocycles. The molecule has 39 heavy (non-hydrogen) atoms. The lowest BCUT2D eigenvalue weighted by Crippen LogP contribution is -2.53. The lowest BCUT2D eigenvalue weighted by molar-refractivity contribution is -0.142. The predicted octanol–water partition coefficient (Wildman–Crippen LogP) is 0.870. The molecule has 2 heterocycles. The Labute approximate surface area is 230 Å². The van der Waals surface area contributed by atoms with Crippen molar-refractivity contribution in [1.82, 2.24) is 35.5 Å². The average Bonchev–Trinajstić information content (AvgIpc) is 3.30. The molecule has 2 rings (SSSR count). The summed E-state index contributed by atoms with van der Waals surface area (Å²) in [5.41, 5.74) is 0.505. The van der Waals surface area contributed by atoms with Gasteiger partial charge in [0, 0.05) is 6.54 Å². The second-order valence-electron chi connectivity index (χ2n) is 9.32. The Kier molecular flexibility index (Phi) is 13.3. The number of imidazole rings is 1. The fraction of sp³-hybridized carbons (Fsp3) is 0.625. The van der Waals surface area contributed by atoms with Gasteiger partial charge in [0.2, 0.25) is 11.8 Å². The van der Waals surface area contributed by atoms with E-state index in [-0.39, 0.29) is 30.0 Å². The van der Waals surface area contributed by atoms with E-state index in [4.69, 9.17) is 4.74 Å². The number of nitrogens with one attached hydrogen (secondary N) is 4. The van der Waals surface area contributed by atoms with E-state index in [0.717, 1.165) is 12.8 Å². The van der Waals surface area contributed by atoms with Crippen LogP contribution in [0.15, 0.2) is 17.4 Å². The largest absolute Gasteiger partial charge is 0.480 e. The van der Waals surface area contributed by atoms with E-state index in [2.05, 4.69) is 30.9 Å². The van der Waals surface area contributed by atoms with Crippen LogP contribution in [0, 0.1) is 5.92 Å². The maximum atomic E-state index is 12.7. The summed E-state index contributed by atoms with van der Waals surface area (Å²) in [6.45, 7) is 4.12. The molecule has 14 nitrogen and oxygen atoms in total. The van der Waals surface area contributed by atoms with Crippen molar-refractivity contribution in [2.24, 2.45) is 5.92 Å². The van der Waals surface area contributed by atoms with Crippen LogP contribution in [-0.4, -0.2) is 85.7 Å². The summed E-state index contributed by atoms with van der Waals surface area (Å²) in [6.07, 6.45) is 6.64. The van der Waals surface area contributed by atoms with Crippen LogP contribution in [0.5, 0.6) is 0 Å². The van der Waals surface area contributed by atoms with Crippen molar-refractivity contribution in [2.45, 2.75) is 64.6 Å². The van der Waals surface area contributed by atoms with Gasteiger partial charge in [0.15, 0.2) is 11.2 Å². The number of aryl methyl sites for hydroxylation is 1. The second kappa shape index (κ2) is 16.4. The van der Waals surface area contributed by atoms with Crippen LogP contribution >= 0.6 is 11.8 Å². The van der Waals surface area contributed by atoms with E-state index in [0.29, 0.717) is 30.8 Å². The molecule has 0 aliphatic heterocycles. The minimum atomic E-state index is -1.14. The summed E-state index contributed by atoms with van der Waals surface area (Å²) in [6, 6.07) is -1.99. The molecule has 2 aromatic heterocycles. The van der Waals surface area contributed by atoms with Gasteiger partial charge in [0.1, 0.15) is 18.6 Å². The number of carboxylic acids is 1. The van der Waals surface area contributed by atoms with Crippen LogP contribution < -0.4 is 21.5 Å². The smallest absolute Gasteiger partial charge is 0.407 e. The van der Waals surface area contributed by atoms with E-state index in [1.165, 1.54) is 18.1 Å². The molecule has 0 aliphatic rings. The first kappa shape index (κ1) is 31.6. The van der Waals surface area contributed by atoms with Crippen LogP contribution in [0.3, 0.4) is 0 Å². The summed E-state index contributed by atoms with van der Waals surface area (Å²) in [5.74, 6) is -1.70. The molecule has 0 aliphatic carbocycles. The standard InChI is InChI=1S/C24H37N7O7S/c1-15(2)11-17(21(33)30-16(23(35)36)7-10-39-3)29-18(32)12-25-24(37)38-9-6-4-5-8-31-14-28-19-20(31)26-13-27-22(19)34/h13-17H,4-12H2,1-3H3,(H,25,37)(H,29,32)(H,30,33)(H,35,36)(H,26,27,34)/t16-,17-/m0/s1. The molecule has 0 unspecified atom stereocenters. The number of aromatic nitrogens is 4. The first-order valence-corrected chi connectivity index (χ1v) is 14.1. The van der Waals surface area contributed by atoms with Crippen molar-refractivity contribution in [3.8, 4) is 0 Å². The Bertz CT molecular complexity index is 1170. The minimum absolute atomic E-state index is 0.0554. The zero-order valence-corrected chi connectivity index (χ0v) is 23.2. The molecule has 2 aromatic rings. The number of thioether (sulfide) groups is 1. The number of amides is 3. The number of aliphatic carboxylic acids is 1. The fourth-order valence-electron chi connectivity index (χ4n) is 3.70. The zero-order valence-electron chi connectivity index (χ0n) is 22.4. The Morgan fingerprint density at radius 2 is 1.90 bits per heavy atom. The van der Waals surface area contributed by atoms with Crippen LogP contribution in [0.25, 0.3) is 11.2 Å². The van der Waals surface area contributed by atoms with Gasteiger partial charge in [-0.15, -0.1) is 0 Å². The topological polar surface area (TPSA) is 197 Å². The van der Waals surface area contributed by atoms with Crippen LogP contribution in [0.1, 0.15) is 46.0 Å². The van der Waals surface area contributed by atoms with Gasteiger partial charge in [-0.1, -0.05) is 13.8 Å². The number of hydrogen-bond acceptors (Lipinski definition) is 9. The zero-order chi connectivity index (χ0) is 28.8. The number of carbonyl (C=O) groups excluding carboxylic acids is 3.